The summed E-state index contributed by atoms with van der Waals surface area (Å²) in [6, 6.07) is 19.8. The molecular formula is C38H41O6PS. The third-order valence-corrected chi connectivity index (χ3v) is 13.1. The van der Waals surface area contributed by atoms with E-state index in [0.29, 0.717) is 16.1 Å². The molecule has 6 rings (SSSR count). The second-order valence-corrected chi connectivity index (χ2v) is 16.1. The van der Waals surface area contributed by atoms with Crippen molar-refractivity contribution in [2.24, 2.45) is 5.92 Å². The summed E-state index contributed by atoms with van der Waals surface area (Å²) in [5.74, 6) is 1.24. The number of carboxylic acids is 1. The second kappa shape index (κ2) is 14.1. The molecule has 3 heterocycles. The molecule has 2 aromatic carbocycles. The minimum atomic E-state index is -3.26. The fourth-order valence-corrected chi connectivity index (χ4v) is 9.73. The first kappa shape index (κ1) is 32.5. The van der Waals surface area contributed by atoms with Crippen LogP contribution in [-0.2, 0) is 13.8 Å². The Kier molecular flexibility index (Phi) is 9.95. The van der Waals surface area contributed by atoms with Gasteiger partial charge in [-0.05, 0) is 85.9 Å². The number of carboxylic acid groups (broad SMARTS) is 1. The Hall–Kier alpha value is -3.48. The normalized spacial score (nSPS) is 18.5. The van der Waals surface area contributed by atoms with Gasteiger partial charge < -0.3 is 18.8 Å². The zero-order valence-corrected chi connectivity index (χ0v) is 28.3. The fraction of sp³-hybridized carbons (Fsp3) is 0.342. The van der Waals surface area contributed by atoms with Crippen LogP contribution in [0.5, 0.6) is 0 Å². The lowest BCUT2D eigenvalue weighted by atomic mass is 9.88. The minimum absolute atomic E-state index is 0.243. The van der Waals surface area contributed by atoms with Crippen molar-refractivity contribution in [1.82, 2.24) is 0 Å². The summed E-state index contributed by atoms with van der Waals surface area (Å²) >= 11 is 1.28. The summed E-state index contributed by atoms with van der Waals surface area (Å²) in [7, 11) is -1.76. The highest BCUT2D eigenvalue weighted by atomic mass is 32.1. The Bertz CT molecular complexity index is 1770. The van der Waals surface area contributed by atoms with Gasteiger partial charge in [0.2, 0.25) is 7.37 Å². The molecule has 6 nitrogen and oxygen atoms in total. The van der Waals surface area contributed by atoms with Crippen LogP contribution in [0.15, 0.2) is 83.3 Å². The first-order valence-electron chi connectivity index (χ1n) is 16.0. The van der Waals surface area contributed by atoms with E-state index >= 15 is 0 Å². The smallest absolute Gasteiger partial charge is 0.346 e. The van der Waals surface area contributed by atoms with Gasteiger partial charge in [-0.15, -0.1) is 11.3 Å². The van der Waals surface area contributed by atoms with Gasteiger partial charge in [0.25, 0.3) is 0 Å². The van der Waals surface area contributed by atoms with Crippen molar-refractivity contribution < 1.29 is 28.1 Å². The Morgan fingerprint density at radius 2 is 1.76 bits per heavy atom. The largest absolute Gasteiger partial charge is 0.477 e. The van der Waals surface area contributed by atoms with Gasteiger partial charge >= 0.3 is 5.97 Å². The SMILES string of the molecule is COP(=O)(CC(CCC1CCOCC1)c1cc(-c2ccc(-c3cc4c(o3)C=CC=CC4C)cc2)sc1C(=O)O)c1ccc(C)cc1. The highest BCUT2D eigenvalue weighted by molar-refractivity contribution is 7.67. The Morgan fingerprint density at radius 3 is 2.46 bits per heavy atom. The lowest BCUT2D eigenvalue weighted by molar-refractivity contribution is 0.0628. The molecule has 4 aromatic rings. The van der Waals surface area contributed by atoms with Gasteiger partial charge in [0.1, 0.15) is 16.4 Å². The monoisotopic (exact) mass is 656 g/mol. The summed E-state index contributed by atoms with van der Waals surface area (Å²) in [6.07, 6.45) is 12.1. The number of benzene rings is 2. The third kappa shape index (κ3) is 7.08. The number of hydrogen-bond donors (Lipinski definition) is 1. The lowest BCUT2D eigenvalue weighted by Crippen LogP contribution is -2.19. The summed E-state index contributed by atoms with van der Waals surface area (Å²) in [5, 5.41) is 11.0. The number of thiophene rings is 1. The van der Waals surface area contributed by atoms with Crippen LogP contribution in [0.4, 0.5) is 0 Å². The van der Waals surface area contributed by atoms with Crippen molar-refractivity contribution in [3.8, 4) is 21.8 Å². The van der Waals surface area contributed by atoms with Crippen LogP contribution in [-0.4, -0.2) is 37.6 Å². The third-order valence-electron chi connectivity index (χ3n) is 9.34. The van der Waals surface area contributed by atoms with E-state index < -0.39 is 13.3 Å². The van der Waals surface area contributed by atoms with Crippen LogP contribution in [0, 0.1) is 12.8 Å². The van der Waals surface area contributed by atoms with E-state index in [1.165, 1.54) is 18.4 Å². The first-order chi connectivity index (χ1) is 22.2. The van der Waals surface area contributed by atoms with Crippen molar-refractivity contribution in [2.45, 2.75) is 51.4 Å². The number of furan rings is 1. The van der Waals surface area contributed by atoms with E-state index in [1.54, 1.807) is 0 Å². The van der Waals surface area contributed by atoms with Crippen LogP contribution in [0.1, 0.15) is 76.6 Å². The molecule has 8 heteroatoms. The van der Waals surface area contributed by atoms with E-state index in [4.69, 9.17) is 13.7 Å². The van der Waals surface area contributed by atoms with E-state index in [-0.39, 0.29) is 18.0 Å². The molecule has 1 aliphatic carbocycles. The summed E-state index contributed by atoms with van der Waals surface area (Å²) in [4.78, 5) is 13.8. The molecule has 240 valence electrons. The lowest BCUT2D eigenvalue weighted by Gasteiger charge is -2.27. The number of allylic oxidation sites excluding steroid dienone is 3. The van der Waals surface area contributed by atoms with Crippen LogP contribution >= 0.6 is 18.7 Å². The summed E-state index contributed by atoms with van der Waals surface area (Å²) in [6.45, 7) is 5.65. The average molecular weight is 657 g/mol. The molecule has 0 bridgehead atoms. The molecule has 1 saturated heterocycles. The van der Waals surface area contributed by atoms with E-state index in [9.17, 15) is 14.5 Å². The van der Waals surface area contributed by atoms with Crippen molar-refractivity contribution in [2.75, 3.05) is 26.5 Å². The predicted molar refractivity (Wildman–Crippen MR) is 187 cm³/mol. The van der Waals surface area contributed by atoms with Crippen molar-refractivity contribution in [3.05, 3.63) is 106 Å². The van der Waals surface area contributed by atoms with Gasteiger partial charge in [-0.3, -0.25) is 4.57 Å². The highest BCUT2D eigenvalue weighted by Gasteiger charge is 2.33. The summed E-state index contributed by atoms with van der Waals surface area (Å²) in [5.41, 5.74) is 4.86. The van der Waals surface area contributed by atoms with Crippen LogP contribution in [0.2, 0.25) is 0 Å². The maximum absolute atomic E-state index is 14.4. The van der Waals surface area contributed by atoms with Crippen molar-refractivity contribution in [1.29, 1.82) is 0 Å². The number of aromatic carboxylic acids is 1. The van der Waals surface area contributed by atoms with Crippen molar-refractivity contribution >= 4 is 36.1 Å². The zero-order valence-electron chi connectivity index (χ0n) is 26.6. The molecule has 0 spiro atoms. The zero-order chi connectivity index (χ0) is 32.3. The highest BCUT2D eigenvalue weighted by Crippen LogP contribution is 2.51. The number of hydrogen-bond acceptors (Lipinski definition) is 6. The average Bonchev–Trinajstić information content (AvgIpc) is 3.67. The van der Waals surface area contributed by atoms with Crippen LogP contribution < -0.4 is 5.30 Å². The first-order valence-corrected chi connectivity index (χ1v) is 18.6. The predicted octanol–water partition coefficient (Wildman–Crippen LogP) is 9.91. The quantitative estimate of drug-likeness (QED) is 0.162. The topological polar surface area (TPSA) is 86.0 Å². The molecule has 3 atom stereocenters. The van der Waals surface area contributed by atoms with Gasteiger partial charge in [-0.25, -0.2) is 4.79 Å². The second-order valence-electron chi connectivity index (χ2n) is 12.4. The molecule has 0 saturated carbocycles. The minimum Gasteiger partial charge on any atom is -0.477 e. The Morgan fingerprint density at radius 1 is 1.04 bits per heavy atom. The summed E-state index contributed by atoms with van der Waals surface area (Å²) < 4.78 is 31.9. The molecule has 1 N–H and O–H groups in total. The number of rotatable bonds is 11. The molecule has 2 aromatic heterocycles. The molecular weight excluding hydrogens is 615 g/mol. The number of aryl methyl sites for hydroxylation is 1. The molecule has 46 heavy (non-hydrogen) atoms. The van der Waals surface area contributed by atoms with Gasteiger partial charge in [0.05, 0.1) is 0 Å². The van der Waals surface area contributed by atoms with Gasteiger partial charge in [-0.1, -0.05) is 67.1 Å². The van der Waals surface area contributed by atoms with Gasteiger partial charge in [0, 0.05) is 53.7 Å². The molecule has 0 amide bonds. The maximum atomic E-state index is 14.4. The number of fused-ring (bicyclic) bond motifs is 1. The standard InChI is InChI=1S/C38H41O6PS/c1-25-8-16-31(17-9-25)45(41,42-3)24-30(11-10-27-18-20-43-21-19-27)33-23-36(46-37(33)38(39)40)29-14-12-28(13-15-29)35-22-32-26(2)6-4-5-7-34(32)44-35/h4-9,12-17,22-23,26-27,30H,10-11,18-21,24H2,1-3H3,(H,39,40). The number of ether oxygens (including phenoxy) is 1. The fourth-order valence-electron chi connectivity index (χ4n) is 6.51. The van der Waals surface area contributed by atoms with Crippen LogP contribution in [0.25, 0.3) is 27.8 Å². The van der Waals surface area contributed by atoms with Gasteiger partial charge in [-0.2, -0.15) is 0 Å². The van der Waals surface area contributed by atoms with E-state index in [2.05, 4.69) is 19.1 Å². The molecule has 3 unspecified atom stereocenters. The van der Waals surface area contributed by atoms with Gasteiger partial charge in [0.15, 0.2) is 0 Å². The van der Waals surface area contributed by atoms with Crippen molar-refractivity contribution in [3.63, 3.8) is 0 Å². The molecule has 1 fully saturated rings. The molecule has 0 radical (unpaired) electrons. The van der Waals surface area contributed by atoms with E-state index in [1.807, 2.05) is 79.7 Å². The molecule has 1 aliphatic heterocycles. The maximum Gasteiger partial charge on any atom is 0.346 e. The van der Waals surface area contributed by atoms with E-state index in [0.717, 1.165) is 83.1 Å². The Labute approximate surface area is 275 Å². The van der Waals surface area contributed by atoms with Crippen LogP contribution in [0.3, 0.4) is 0 Å². The molecule has 2 aliphatic rings. The Balaban J connectivity index is 1.32. The number of carbonyl (C=O) groups is 1.